The molecule has 8 heteroatoms. The van der Waals surface area contributed by atoms with Crippen molar-refractivity contribution in [2.45, 2.75) is 38.8 Å². The molecule has 0 aliphatic carbocycles. The van der Waals surface area contributed by atoms with Crippen LogP contribution in [0.15, 0.2) is 12.3 Å². The molecule has 1 rings (SSSR count). The normalized spacial score (nSPS) is 12.4. The predicted octanol–water partition coefficient (Wildman–Crippen LogP) is 2.78. The number of halogens is 1. The number of amides is 1. The molecule has 0 saturated heterocycles. The number of carbonyl (C=O) groups excluding carboxylic acids is 1. The van der Waals surface area contributed by atoms with E-state index in [2.05, 4.69) is 10.3 Å². The number of methoxy groups -OCH3 is 1. The number of hydrogen-bond donors (Lipinski definition) is 2. The summed E-state index contributed by atoms with van der Waals surface area (Å²) in [5.74, 6) is -0.857. The van der Waals surface area contributed by atoms with Crippen LogP contribution >= 0.6 is 11.6 Å². The van der Waals surface area contributed by atoms with Crippen molar-refractivity contribution < 1.29 is 24.2 Å². The van der Waals surface area contributed by atoms with Crippen LogP contribution in [0, 0.1) is 0 Å². The van der Waals surface area contributed by atoms with E-state index in [0.717, 1.165) is 0 Å². The van der Waals surface area contributed by atoms with E-state index in [-0.39, 0.29) is 17.3 Å². The topological polar surface area (TPSA) is 97.8 Å². The van der Waals surface area contributed by atoms with Gasteiger partial charge in [-0.25, -0.2) is 9.78 Å². The maximum absolute atomic E-state index is 11.8. The summed E-state index contributed by atoms with van der Waals surface area (Å²) >= 11 is 5.97. The molecule has 0 spiro atoms. The Labute approximate surface area is 133 Å². The zero-order valence-electron chi connectivity index (χ0n) is 12.8. The molecule has 2 N–H and O–H groups in total. The lowest BCUT2D eigenvalue weighted by atomic mass is 10.1. The molecule has 1 atom stereocenters. The fraction of sp³-hybridized carbons (Fsp3) is 0.500. The van der Waals surface area contributed by atoms with Crippen molar-refractivity contribution >= 4 is 23.7 Å². The molecule has 0 fully saturated rings. The fourth-order valence-corrected chi connectivity index (χ4v) is 1.91. The highest BCUT2D eigenvalue weighted by Crippen LogP contribution is 2.26. The molecule has 1 heterocycles. The largest absolute Gasteiger partial charge is 0.481 e. The zero-order valence-corrected chi connectivity index (χ0v) is 13.6. The first kappa shape index (κ1) is 18.0. The molecule has 0 bridgehead atoms. The van der Waals surface area contributed by atoms with Gasteiger partial charge in [0, 0.05) is 6.20 Å². The van der Waals surface area contributed by atoms with Crippen LogP contribution in [0.1, 0.15) is 38.8 Å². The van der Waals surface area contributed by atoms with Gasteiger partial charge in [0.15, 0.2) is 0 Å². The molecule has 1 unspecified atom stereocenters. The van der Waals surface area contributed by atoms with Crippen LogP contribution in [-0.4, -0.2) is 34.9 Å². The Morgan fingerprint density at radius 3 is 2.55 bits per heavy atom. The van der Waals surface area contributed by atoms with Crippen LogP contribution in [-0.2, 0) is 9.53 Å². The van der Waals surface area contributed by atoms with Crippen LogP contribution in [0.4, 0.5) is 4.79 Å². The number of carboxylic acid groups (broad SMARTS) is 1. The third kappa shape index (κ3) is 5.77. The van der Waals surface area contributed by atoms with E-state index in [0.29, 0.717) is 5.56 Å². The van der Waals surface area contributed by atoms with Crippen molar-refractivity contribution in [3.63, 3.8) is 0 Å². The van der Waals surface area contributed by atoms with E-state index in [1.165, 1.54) is 19.4 Å². The average molecular weight is 331 g/mol. The van der Waals surface area contributed by atoms with Gasteiger partial charge in [-0.3, -0.25) is 4.79 Å². The molecule has 0 saturated carbocycles. The Balaban J connectivity index is 2.95. The lowest BCUT2D eigenvalue weighted by molar-refractivity contribution is -0.137. The number of ether oxygens (including phenoxy) is 2. The summed E-state index contributed by atoms with van der Waals surface area (Å²) in [6, 6.07) is 0.682. The molecule has 0 aromatic carbocycles. The van der Waals surface area contributed by atoms with Gasteiger partial charge in [0.25, 0.3) is 0 Å². The molecule has 22 heavy (non-hydrogen) atoms. The number of pyridine rings is 1. The molecule has 0 aliphatic heterocycles. The summed E-state index contributed by atoms with van der Waals surface area (Å²) in [7, 11) is 1.42. The van der Waals surface area contributed by atoms with Crippen molar-refractivity contribution in [2.75, 3.05) is 7.11 Å². The lowest BCUT2D eigenvalue weighted by Crippen LogP contribution is -2.35. The van der Waals surface area contributed by atoms with E-state index in [4.69, 9.17) is 26.2 Å². The number of alkyl carbamates (subject to hydrolysis) is 1. The van der Waals surface area contributed by atoms with E-state index in [1.54, 1.807) is 20.8 Å². The number of nitrogens with zero attached hydrogens (tertiary/aromatic N) is 1. The second-order valence-electron chi connectivity index (χ2n) is 5.56. The number of nitrogens with one attached hydrogen (secondary N) is 1. The molecule has 7 nitrogen and oxygen atoms in total. The van der Waals surface area contributed by atoms with E-state index in [9.17, 15) is 9.59 Å². The number of aromatic nitrogens is 1. The van der Waals surface area contributed by atoms with Crippen LogP contribution < -0.4 is 10.1 Å². The standard InChI is InChI=1S/C14H19ClN2O5/c1-14(2,3)22-13(20)17-10(6-11(18)19)8-5-9(15)12(21-4)16-7-8/h5,7,10H,6H2,1-4H3,(H,17,20)(H,18,19). The van der Waals surface area contributed by atoms with Crippen molar-refractivity contribution in [1.29, 1.82) is 0 Å². The van der Waals surface area contributed by atoms with Crippen LogP contribution in [0.5, 0.6) is 5.88 Å². The summed E-state index contributed by atoms with van der Waals surface area (Å²) in [5, 5.41) is 11.7. The highest BCUT2D eigenvalue weighted by molar-refractivity contribution is 6.31. The Hall–Kier alpha value is -2.02. The van der Waals surface area contributed by atoms with Crippen molar-refractivity contribution in [3.8, 4) is 5.88 Å². The summed E-state index contributed by atoms with van der Waals surface area (Å²) < 4.78 is 10.1. The molecule has 1 aromatic rings. The Morgan fingerprint density at radius 2 is 2.09 bits per heavy atom. The first-order valence-electron chi connectivity index (χ1n) is 6.53. The van der Waals surface area contributed by atoms with E-state index < -0.39 is 23.7 Å². The molecule has 122 valence electrons. The molecular formula is C14H19ClN2O5. The maximum atomic E-state index is 11.8. The molecule has 1 amide bonds. The zero-order chi connectivity index (χ0) is 16.9. The van der Waals surface area contributed by atoms with Gasteiger partial charge in [-0.2, -0.15) is 0 Å². The van der Waals surface area contributed by atoms with Gasteiger partial charge in [0.1, 0.15) is 10.6 Å². The van der Waals surface area contributed by atoms with Crippen LogP contribution in [0.25, 0.3) is 0 Å². The van der Waals surface area contributed by atoms with Crippen LogP contribution in [0.3, 0.4) is 0 Å². The summed E-state index contributed by atoms with van der Waals surface area (Å²) in [6.45, 7) is 5.14. The number of hydrogen-bond acceptors (Lipinski definition) is 5. The predicted molar refractivity (Wildman–Crippen MR) is 80.2 cm³/mol. The second-order valence-corrected chi connectivity index (χ2v) is 5.96. The quantitative estimate of drug-likeness (QED) is 0.861. The first-order valence-corrected chi connectivity index (χ1v) is 6.91. The highest BCUT2D eigenvalue weighted by Gasteiger charge is 2.23. The Kier molecular flexibility index (Phi) is 5.99. The average Bonchev–Trinajstić information content (AvgIpc) is 2.35. The highest BCUT2D eigenvalue weighted by atomic mass is 35.5. The van der Waals surface area contributed by atoms with Gasteiger partial charge in [-0.05, 0) is 32.4 Å². The molecule has 0 radical (unpaired) electrons. The monoisotopic (exact) mass is 330 g/mol. The molecule has 0 aliphatic rings. The molecule has 1 aromatic heterocycles. The van der Waals surface area contributed by atoms with Gasteiger partial charge in [-0.15, -0.1) is 0 Å². The summed E-state index contributed by atoms with van der Waals surface area (Å²) in [4.78, 5) is 26.8. The number of carboxylic acids is 1. The van der Waals surface area contributed by atoms with Gasteiger partial charge >= 0.3 is 12.1 Å². The second kappa shape index (κ2) is 7.31. The minimum atomic E-state index is -1.08. The maximum Gasteiger partial charge on any atom is 0.408 e. The van der Waals surface area contributed by atoms with Gasteiger partial charge in [-0.1, -0.05) is 11.6 Å². The fourth-order valence-electron chi connectivity index (χ4n) is 1.66. The van der Waals surface area contributed by atoms with E-state index in [1.807, 2.05) is 0 Å². The minimum absolute atomic E-state index is 0.219. The SMILES string of the molecule is COc1ncc(C(CC(=O)O)NC(=O)OC(C)(C)C)cc1Cl. The Morgan fingerprint density at radius 1 is 1.45 bits per heavy atom. The number of carbonyl (C=O) groups is 2. The van der Waals surface area contributed by atoms with Gasteiger partial charge in [0.2, 0.25) is 5.88 Å². The third-order valence-corrected chi connectivity index (χ3v) is 2.76. The summed E-state index contributed by atoms with van der Waals surface area (Å²) in [6.07, 6.45) is 0.352. The van der Waals surface area contributed by atoms with Gasteiger partial charge < -0.3 is 19.9 Å². The van der Waals surface area contributed by atoms with E-state index >= 15 is 0 Å². The van der Waals surface area contributed by atoms with Crippen molar-refractivity contribution in [3.05, 3.63) is 22.8 Å². The first-order chi connectivity index (χ1) is 10.1. The number of rotatable bonds is 5. The van der Waals surface area contributed by atoms with Crippen molar-refractivity contribution in [1.82, 2.24) is 10.3 Å². The molecular weight excluding hydrogens is 312 g/mol. The van der Waals surface area contributed by atoms with Crippen LogP contribution in [0.2, 0.25) is 5.02 Å². The lowest BCUT2D eigenvalue weighted by Gasteiger charge is -2.23. The van der Waals surface area contributed by atoms with Gasteiger partial charge in [0.05, 0.1) is 19.6 Å². The Bertz CT molecular complexity index is 557. The third-order valence-electron chi connectivity index (χ3n) is 2.49. The number of aliphatic carboxylic acids is 1. The van der Waals surface area contributed by atoms with Crippen molar-refractivity contribution in [2.24, 2.45) is 0 Å². The minimum Gasteiger partial charge on any atom is -0.481 e. The summed E-state index contributed by atoms with van der Waals surface area (Å²) in [5.41, 5.74) is -0.243. The smallest absolute Gasteiger partial charge is 0.408 e.